The molecule has 16 heteroatoms. The van der Waals surface area contributed by atoms with E-state index in [1.807, 2.05) is 61.4 Å². The molecular weight excluding hydrogens is 893 g/mol. The first-order valence-corrected chi connectivity index (χ1v) is 25.2. The van der Waals surface area contributed by atoms with E-state index in [1.165, 1.54) is 5.52 Å². The smallest absolute Gasteiger partial charge is 0.256 e. The first kappa shape index (κ1) is 55.4. The average molecular weight is 972 g/mol. The van der Waals surface area contributed by atoms with Crippen LogP contribution in [0.2, 0.25) is 0 Å². The van der Waals surface area contributed by atoms with Crippen molar-refractivity contribution in [3.8, 4) is 0 Å². The summed E-state index contributed by atoms with van der Waals surface area (Å²) in [5.41, 5.74) is 6.41. The fourth-order valence-electron chi connectivity index (χ4n) is 8.40. The molecule has 0 N–H and O–H groups in total. The van der Waals surface area contributed by atoms with Crippen LogP contribution in [0.1, 0.15) is 152 Å². The number of anilines is 2. The summed E-state index contributed by atoms with van der Waals surface area (Å²) in [6.07, 6.45) is 17.4. The number of hydrogen-bond donors (Lipinski definition) is 0. The Morgan fingerprint density at radius 1 is 0.716 bits per heavy atom. The second-order valence-electron chi connectivity index (χ2n) is 19.6. The Labute approximate surface area is 407 Å². The topological polar surface area (TPSA) is 68.8 Å². The van der Waals surface area contributed by atoms with Gasteiger partial charge in [-0.15, -0.1) is 0 Å². The molecule has 372 valence electrons. The molecule has 0 saturated heterocycles. The Balaban J connectivity index is 0.000000243. The number of aryl methyl sites for hydroxylation is 2. The van der Waals surface area contributed by atoms with Crippen LogP contribution in [0.4, 0.5) is 28.9 Å². The minimum Gasteiger partial charge on any atom is -0.328 e. The van der Waals surface area contributed by atoms with Crippen molar-refractivity contribution >= 4 is 57.7 Å². The molecule has 1 unspecified atom stereocenters. The number of fused-ring (bicyclic) bond motifs is 2. The van der Waals surface area contributed by atoms with Gasteiger partial charge in [0, 0.05) is 76.1 Å². The molecule has 2 saturated carbocycles. The van der Waals surface area contributed by atoms with Crippen molar-refractivity contribution in [1.29, 1.82) is 0 Å². The van der Waals surface area contributed by atoms with Crippen molar-refractivity contribution < 1.29 is 22.1 Å². The standard InChI is InChI=1S/C23H31F2N5S.C19H28N5S.C6H10F2.C2H6.CH4/c1-22(2,3)21-27-19-14-18(28(4)31-29-13-12-26-16-29)7-8-20(19)30(21)15-17-6-5-10-23(24,25)11-9-17;1-7-10-24-17-9-8-15(13-16(17)20-18(24)19(2,3)4)22(6)25-23-12-11-21(5)14-23;7-6(8)4-2-1-3-5-6;1-2;/h7-8,12-14,16-17H,5-6,9-11,15H2,1-4H3;8-9,11-14H,7,10H2,1-6H3;1-5H2;1-2H3;1H4/q;+1;;;. The van der Waals surface area contributed by atoms with Gasteiger partial charge >= 0.3 is 0 Å². The lowest BCUT2D eigenvalue weighted by Crippen LogP contribution is -2.23. The van der Waals surface area contributed by atoms with E-state index in [-0.39, 0.29) is 49.9 Å². The SMILES string of the molecule is C.CC.CCCn1c(C(C)(C)C)nc2cc(N(C)Sn3cc[n+](C)c3)ccc21.CN(Sn1ccnc1)c1ccc2c(c1)nc(C(C)(C)C)n2CC1CCCC(F)(F)CC1.FC1(F)CCCCC1. The van der Waals surface area contributed by atoms with Gasteiger partial charge in [-0.25, -0.2) is 37.1 Å². The number of aromatic nitrogens is 8. The van der Waals surface area contributed by atoms with E-state index < -0.39 is 11.8 Å². The molecule has 0 amide bonds. The molecule has 67 heavy (non-hydrogen) atoms. The summed E-state index contributed by atoms with van der Waals surface area (Å²) < 4.78 is 67.1. The molecule has 0 radical (unpaired) electrons. The van der Waals surface area contributed by atoms with Crippen molar-refractivity contribution in [2.75, 3.05) is 22.7 Å². The first-order valence-electron chi connectivity index (χ1n) is 23.8. The van der Waals surface area contributed by atoms with Gasteiger partial charge in [-0.2, -0.15) is 3.97 Å². The van der Waals surface area contributed by atoms with Crippen LogP contribution in [0.5, 0.6) is 0 Å². The Kier molecular flexibility index (Phi) is 19.8. The number of rotatable bonds is 10. The predicted molar refractivity (Wildman–Crippen MR) is 275 cm³/mol. The quantitative estimate of drug-likeness (QED) is 0.0586. The van der Waals surface area contributed by atoms with Crippen LogP contribution in [-0.2, 0) is 31.0 Å². The molecule has 0 aliphatic heterocycles. The van der Waals surface area contributed by atoms with Crippen LogP contribution in [-0.4, -0.2) is 58.0 Å². The highest BCUT2D eigenvalue weighted by atomic mass is 32.2. The van der Waals surface area contributed by atoms with Crippen molar-refractivity contribution in [3.05, 3.63) is 85.5 Å². The van der Waals surface area contributed by atoms with Crippen molar-refractivity contribution in [1.82, 2.24) is 32.0 Å². The van der Waals surface area contributed by atoms with Gasteiger partial charge in [0.25, 0.3) is 6.33 Å². The Hall–Kier alpha value is -4.18. The Morgan fingerprint density at radius 2 is 1.24 bits per heavy atom. The highest BCUT2D eigenvalue weighted by molar-refractivity contribution is 7.99. The zero-order valence-electron chi connectivity index (χ0n) is 41.5. The molecule has 10 nitrogen and oxygen atoms in total. The Bertz CT molecular complexity index is 2400. The summed E-state index contributed by atoms with van der Waals surface area (Å²) in [5.74, 6) is -2.40. The van der Waals surface area contributed by atoms with Crippen LogP contribution in [0, 0.1) is 5.92 Å². The average Bonchev–Trinajstić information content (AvgIpc) is 4.06. The third kappa shape index (κ3) is 15.4. The Morgan fingerprint density at radius 3 is 1.72 bits per heavy atom. The molecule has 0 bridgehead atoms. The first-order chi connectivity index (χ1) is 31.1. The summed E-state index contributed by atoms with van der Waals surface area (Å²) in [6.45, 7) is 21.1. The van der Waals surface area contributed by atoms with Crippen LogP contribution < -0.4 is 13.2 Å². The van der Waals surface area contributed by atoms with Crippen LogP contribution >= 0.6 is 24.3 Å². The largest absolute Gasteiger partial charge is 0.328 e. The van der Waals surface area contributed by atoms with E-state index in [2.05, 4.69) is 119 Å². The molecule has 0 spiro atoms. The summed E-state index contributed by atoms with van der Waals surface area (Å²) in [5, 5.41) is 0. The predicted octanol–water partition coefficient (Wildman–Crippen LogP) is 14.5. The maximum Gasteiger partial charge on any atom is 0.256 e. The summed E-state index contributed by atoms with van der Waals surface area (Å²) in [6, 6.07) is 12.9. The van der Waals surface area contributed by atoms with Crippen LogP contribution in [0.15, 0.2) is 73.8 Å². The normalized spacial score (nSPS) is 16.9. The number of halogens is 4. The van der Waals surface area contributed by atoms with E-state index in [9.17, 15) is 17.6 Å². The van der Waals surface area contributed by atoms with Crippen LogP contribution in [0.25, 0.3) is 22.1 Å². The molecule has 4 aromatic heterocycles. The number of alkyl halides is 4. The minimum atomic E-state index is -2.51. The number of benzene rings is 2. The zero-order valence-corrected chi connectivity index (χ0v) is 43.1. The third-order valence-corrected chi connectivity index (χ3v) is 13.5. The third-order valence-electron chi connectivity index (χ3n) is 11.7. The molecule has 8 rings (SSSR count). The van der Waals surface area contributed by atoms with Crippen molar-refractivity contribution in [2.45, 2.75) is 176 Å². The van der Waals surface area contributed by atoms with Crippen molar-refractivity contribution in [2.24, 2.45) is 13.0 Å². The molecule has 4 heterocycles. The fourth-order valence-corrected chi connectivity index (χ4v) is 9.89. The summed E-state index contributed by atoms with van der Waals surface area (Å²) in [7, 11) is 6.12. The molecule has 2 aliphatic rings. The van der Waals surface area contributed by atoms with Gasteiger partial charge in [-0.1, -0.05) is 76.2 Å². The maximum absolute atomic E-state index is 13.9. The van der Waals surface area contributed by atoms with E-state index in [0.717, 1.165) is 71.9 Å². The fraction of sp³-hybridized carbons (Fsp3) is 0.608. The van der Waals surface area contributed by atoms with Gasteiger partial charge in [0.2, 0.25) is 11.8 Å². The van der Waals surface area contributed by atoms with Gasteiger partial charge in [-0.3, -0.25) is 8.28 Å². The molecule has 1 atom stereocenters. The second kappa shape index (κ2) is 23.9. The van der Waals surface area contributed by atoms with Gasteiger partial charge in [0.1, 0.15) is 30.4 Å². The van der Waals surface area contributed by atoms with Gasteiger partial charge in [0.05, 0.1) is 52.6 Å². The minimum absolute atomic E-state index is 0. The monoisotopic (exact) mass is 972 g/mol. The van der Waals surface area contributed by atoms with E-state index in [1.54, 1.807) is 36.8 Å². The summed E-state index contributed by atoms with van der Waals surface area (Å²) >= 11 is 3.19. The van der Waals surface area contributed by atoms with E-state index in [4.69, 9.17) is 9.97 Å². The lowest BCUT2D eigenvalue weighted by Gasteiger charge is -2.23. The van der Waals surface area contributed by atoms with Gasteiger partial charge < -0.3 is 13.4 Å². The molecular formula is C51H79F4N10S2+. The summed E-state index contributed by atoms with van der Waals surface area (Å²) in [4.78, 5) is 14.1. The molecule has 2 aromatic carbocycles. The lowest BCUT2D eigenvalue weighted by molar-refractivity contribution is -0.670. The second-order valence-corrected chi connectivity index (χ2v) is 21.8. The van der Waals surface area contributed by atoms with Gasteiger partial charge in [0.15, 0.2) is 12.1 Å². The molecule has 2 aliphatic carbocycles. The molecule has 2 fully saturated rings. The van der Waals surface area contributed by atoms with E-state index in [0.29, 0.717) is 25.7 Å². The maximum atomic E-state index is 13.9. The highest BCUT2D eigenvalue weighted by Crippen LogP contribution is 2.38. The lowest BCUT2D eigenvalue weighted by atomic mass is 9.94. The number of hydrogen-bond acceptors (Lipinski definition) is 7. The molecule has 6 aromatic rings. The van der Waals surface area contributed by atoms with Crippen LogP contribution in [0.3, 0.4) is 0 Å². The zero-order chi connectivity index (χ0) is 48.5. The number of nitrogens with zero attached hydrogens (tertiary/aromatic N) is 10. The van der Waals surface area contributed by atoms with Crippen molar-refractivity contribution in [3.63, 3.8) is 0 Å². The highest BCUT2D eigenvalue weighted by Gasteiger charge is 2.34. The van der Waals surface area contributed by atoms with Gasteiger partial charge in [-0.05, 0) is 80.8 Å². The number of imidazole rings is 4. The van der Waals surface area contributed by atoms with E-state index >= 15 is 0 Å².